The van der Waals surface area contributed by atoms with Gasteiger partial charge in [0.15, 0.2) is 5.65 Å². The summed E-state index contributed by atoms with van der Waals surface area (Å²) in [5.74, 6) is 0.575. The third kappa shape index (κ3) is 1.89. The molecule has 5 aromatic rings. The number of fused-ring (bicyclic) bond motifs is 6. The summed E-state index contributed by atoms with van der Waals surface area (Å²) in [5.41, 5.74) is 3.10. The van der Waals surface area contributed by atoms with Crippen LogP contribution < -0.4 is 0 Å². The molecule has 0 bridgehead atoms. The predicted molar refractivity (Wildman–Crippen MR) is 96.7 cm³/mol. The number of aromatic nitrogens is 8. The van der Waals surface area contributed by atoms with Crippen LogP contribution >= 0.6 is 0 Å². The van der Waals surface area contributed by atoms with Crippen LogP contribution in [0.1, 0.15) is 25.5 Å². The molecule has 0 aliphatic carbocycles. The molecule has 1 saturated heterocycles. The minimum absolute atomic E-state index is 0.428. The fourth-order valence-corrected chi connectivity index (χ4v) is 4.03. The minimum atomic E-state index is -0.428. The van der Waals surface area contributed by atoms with E-state index in [9.17, 15) is 0 Å². The molecule has 134 valence electrons. The van der Waals surface area contributed by atoms with E-state index in [4.69, 9.17) is 4.74 Å². The second-order valence-corrected chi connectivity index (χ2v) is 7.01. The highest BCUT2D eigenvalue weighted by molar-refractivity contribution is 5.94. The van der Waals surface area contributed by atoms with Crippen molar-refractivity contribution >= 4 is 22.2 Å². The van der Waals surface area contributed by atoms with Gasteiger partial charge in [0.2, 0.25) is 0 Å². The third-order valence-corrected chi connectivity index (χ3v) is 5.40. The molecule has 0 N–H and O–H groups in total. The average molecular weight is 360 g/mol. The van der Waals surface area contributed by atoms with Crippen molar-refractivity contribution in [1.29, 1.82) is 0 Å². The molecule has 1 aliphatic rings. The van der Waals surface area contributed by atoms with Crippen molar-refractivity contribution in [2.75, 3.05) is 6.61 Å². The average Bonchev–Trinajstić information content (AvgIpc) is 3.45. The molecule has 0 saturated carbocycles. The number of ether oxygens (including phenoxy) is 1. The molecule has 1 fully saturated rings. The van der Waals surface area contributed by atoms with Gasteiger partial charge in [0, 0.05) is 12.0 Å². The molecule has 0 spiro atoms. The molecule has 0 amide bonds. The van der Waals surface area contributed by atoms with Crippen molar-refractivity contribution in [2.24, 2.45) is 0 Å². The Morgan fingerprint density at radius 3 is 2.96 bits per heavy atom. The van der Waals surface area contributed by atoms with Crippen LogP contribution in [0.25, 0.3) is 28.1 Å². The molecule has 6 rings (SSSR count). The van der Waals surface area contributed by atoms with Crippen molar-refractivity contribution in [3.8, 4) is 5.95 Å². The zero-order chi connectivity index (χ0) is 18.0. The van der Waals surface area contributed by atoms with Gasteiger partial charge in [0.05, 0.1) is 23.6 Å². The quantitative estimate of drug-likeness (QED) is 0.479. The topological polar surface area (TPSA) is 87.4 Å². The molecule has 9 heteroatoms. The second-order valence-electron chi connectivity index (χ2n) is 7.01. The lowest BCUT2D eigenvalue weighted by atomic mass is 9.99. The highest BCUT2D eigenvalue weighted by atomic mass is 16.5. The van der Waals surface area contributed by atoms with Gasteiger partial charge in [0.25, 0.3) is 5.95 Å². The third-order valence-electron chi connectivity index (χ3n) is 5.40. The maximum Gasteiger partial charge on any atom is 0.259 e. The summed E-state index contributed by atoms with van der Waals surface area (Å²) in [6.07, 6.45) is 7.28. The van der Waals surface area contributed by atoms with E-state index in [0.29, 0.717) is 5.95 Å². The summed E-state index contributed by atoms with van der Waals surface area (Å²) in [4.78, 5) is 4.33. The normalized spacial score (nSPS) is 20.3. The first kappa shape index (κ1) is 14.8. The van der Waals surface area contributed by atoms with E-state index in [0.717, 1.165) is 47.3 Å². The number of para-hydroxylation sites is 1. The van der Waals surface area contributed by atoms with Crippen molar-refractivity contribution in [3.63, 3.8) is 0 Å². The molecule has 27 heavy (non-hydrogen) atoms. The number of hydrogen-bond acceptors (Lipinski definition) is 6. The van der Waals surface area contributed by atoms with E-state index in [1.165, 1.54) is 0 Å². The summed E-state index contributed by atoms with van der Waals surface area (Å²) in [5, 5.41) is 18.4. The molecule has 0 radical (unpaired) electrons. The van der Waals surface area contributed by atoms with Crippen molar-refractivity contribution < 1.29 is 4.74 Å². The zero-order valence-electron chi connectivity index (χ0n) is 14.6. The number of nitrogens with zero attached hydrogens (tertiary/aromatic N) is 8. The predicted octanol–water partition coefficient (Wildman–Crippen LogP) is 2.14. The van der Waals surface area contributed by atoms with Gasteiger partial charge in [-0.2, -0.15) is 4.68 Å². The lowest BCUT2D eigenvalue weighted by molar-refractivity contribution is 0.0111. The molecule has 1 atom stereocenters. The number of hydrogen-bond donors (Lipinski definition) is 0. The lowest BCUT2D eigenvalue weighted by Crippen LogP contribution is -2.25. The van der Waals surface area contributed by atoms with Crippen molar-refractivity contribution in [1.82, 2.24) is 39.0 Å². The van der Waals surface area contributed by atoms with Gasteiger partial charge < -0.3 is 4.74 Å². The molecule has 1 aliphatic heterocycles. The maximum atomic E-state index is 6.00. The molecular weight excluding hydrogens is 344 g/mol. The van der Waals surface area contributed by atoms with E-state index < -0.39 is 5.60 Å². The van der Waals surface area contributed by atoms with Crippen LogP contribution in [0.4, 0.5) is 0 Å². The van der Waals surface area contributed by atoms with Crippen LogP contribution in [-0.2, 0) is 10.3 Å². The first-order chi connectivity index (χ1) is 13.3. The Hall–Kier alpha value is -3.33. The van der Waals surface area contributed by atoms with Gasteiger partial charge in [-0.1, -0.05) is 17.3 Å². The Kier molecular flexibility index (Phi) is 2.80. The first-order valence-electron chi connectivity index (χ1n) is 8.90. The smallest absolute Gasteiger partial charge is 0.259 e. The van der Waals surface area contributed by atoms with E-state index >= 15 is 0 Å². The SMILES string of the molecule is CC1(c2cnnn2-c2nnc3c4ccccc4n4cncc4n23)CCCO1. The van der Waals surface area contributed by atoms with Crippen molar-refractivity contribution in [3.05, 3.63) is 48.7 Å². The van der Waals surface area contributed by atoms with Crippen LogP contribution in [0.2, 0.25) is 0 Å². The number of imidazole rings is 1. The Labute approximate surface area is 153 Å². The second kappa shape index (κ2) is 5.10. The van der Waals surface area contributed by atoms with Gasteiger partial charge in [-0.05, 0) is 31.9 Å². The Morgan fingerprint density at radius 2 is 2.07 bits per heavy atom. The van der Waals surface area contributed by atoms with Gasteiger partial charge in [-0.3, -0.25) is 4.40 Å². The Bertz CT molecular complexity index is 1310. The number of rotatable bonds is 2. The summed E-state index contributed by atoms with van der Waals surface area (Å²) >= 11 is 0. The maximum absolute atomic E-state index is 6.00. The van der Waals surface area contributed by atoms with Gasteiger partial charge >= 0.3 is 0 Å². The van der Waals surface area contributed by atoms with Crippen LogP contribution in [0.15, 0.2) is 43.0 Å². The molecule has 9 nitrogen and oxygen atoms in total. The molecule has 4 aromatic heterocycles. The Morgan fingerprint density at radius 1 is 1.15 bits per heavy atom. The van der Waals surface area contributed by atoms with E-state index in [2.05, 4.69) is 32.4 Å². The summed E-state index contributed by atoms with van der Waals surface area (Å²) in [7, 11) is 0. The van der Waals surface area contributed by atoms with Crippen LogP contribution in [0.5, 0.6) is 0 Å². The molecular formula is C18H16N8O. The molecule has 1 unspecified atom stereocenters. The van der Waals surface area contributed by atoms with Gasteiger partial charge in [-0.25, -0.2) is 9.38 Å². The first-order valence-corrected chi connectivity index (χ1v) is 8.90. The summed E-state index contributed by atoms with van der Waals surface area (Å²) in [6.45, 7) is 2.81. The molecule has 1 aromatic carbocycles. The fraction of sp³-hybridized carbons (Fsp3) is 0.278. The summed E-state index contributed by atoms with van der Waals surface area (Å²) < 4.78 is 11.7. The standard InChI is InChI=1S/C18H16N8O/c1-18(7-4-8-27-18)14-9-20-23-26(14)17-22-21-16-12-5-2-3-6-13(12)24-11-19-10-15(24)25(16)17/h2-3,5-6,9-11H,4,7-8H2,1H3. The minimum Gasteiger partial charge on any atom is -0.369 e. The monoisotopic (exact) mass is 360 g/mol. The zero-order valence-corrected chi connectivity index (χ0v) is 14.6. The van der Waals surface area contributed by atoms with Gasteiger partial charge in [-0.15, -0.1) is 15.3 Å². The van der Waals surface area contributed by atoms with Crippen molar-refractivity contribution in [2.45, 2.75) is 25.4 Å². The fourth-order valence-electron chi connectivity index (χ4n) is 4.03. The van der Waals surface area contributed by atoms with E-state index in [1.807, 2.05) is 33.1 Å². The van der Waals surface area contributed by atoms with Crippen LogP contribution in [0, 0.1) is 0 Å². The number of benzene rings is 1. The Balaban J connectivity index is 1.71. The molecule has 5 heterocycles. The van der Waals surface area contributed by atoms with E-state index in [1.54, 1.807) is 23.4 Å². The van der Waals surface area contributed by atoms with Gasteiger partial charge in [0.1, 0.15) is 17.6 Å². The largest absolute Gasteiger partial charge is 0.369 e. The summed E-state index contributed by atoms with van der Waals surface area (Å²) in [6, 6.07) is 8.08. The van der Waals surface area contributed by atoms with Crippen LogP contribution in [0.3, 0.4) is 0 Å². The van der Waals surface area contributed by atoms with E-state index in [-0.39, 0.29) is 0 Å². The lowest BCUT2D eigenvalue weighted by Gasteiger charge is -2.22. The highest BCUT2D eigenvalue weighted by Crippen LogP contribution is 2.36. The highest BCUT2D eigenvalue weighted by Gasteiger charge is 2.36. The van der Waals surface area contributed by atoms with Crippen LogP contribution in [-0.4, -0.2) is 45.6 Å².